The largest absolute Gasteiger partial charge is 0.340 e. The molecule has 0 aromatic heterocycles. The molecule has 1 aliphatic carbocycles. The highest BCUT2D eigenvalue weighted by Gasteiger charge is 2.30. The fraction of sp³-hybridized carbons (Fsp3) is 0.900. The lowest BCUT2D eigenvalue weighted by Crippen LogP contribution is -2.33. The molecule has 2 aliphatic rings. The molecule has 0 aromatic carbocycles. The fourth-order valence-electron chi connectivity index (χ4n) is 1.99. The summed E-state index contributed by atoms with van der Waals surface area (Å²) >= 11 is 0. The highest BCUT2D eigenvalue weighted by atomic mass is 35.5. The summed E-state index contributed by atoms with van der Waals surface area (Å²) in [6.07, 6.45) is 5.81. The minimum atomic E-state index is 0. The molecule has 0 aromatic rings. The van der Waals surface area contributed by atoms with Gasteiger partial charge in [-0.1, -0.05) is 0 Å². The van der Waals surface area contributed by atoms with Gasteiger partial charge in [-0.25, -0.2) is 0 Å². The Labute approximate surface area is 86.1 Å². The average Bonchev–Trinajstić information content (AvgIpc) is 2.72. The van der Waals surface area contributed by atoms with E-state index in [0.29, 0.717) is 11.9 Å². The maximum atomic E-state index is 11.6. The van der Waals surface area contributed by atoms with Crippen molar-refractivity contribution in [1.29, 1.82) is 0 Å². The topological polar surface area (TPSA) is 20.3 Å². The van der Waals surface area contributed by atoms with Crippen LogP contribution in [-0.4, -0.2) is 23.4 Å². The van der Waals surface area contributed by atoms with Crippen LogP contribution in [0.25, 0.3) is 0 Å². The molecule has 0 spiro atoms. The molecule has 0 radical (unpaired) electrons. The molecule has 1 atom stereocenters. The van der Waals surface area contributed by atoms with E-state index in [-0.39, 0.29) is 12.4 Å². The fourth-order valence-corrected chi connectivity index (χ4v) is 1.99. The van der Waals surface area contributed by atoms with Crippen molar-refractivity contribution in [1.82, 2.24) is 4.90 Å². The average molecular weight is 204 g/mol. The Balaban J connectivity index is 0.000000845. The van der Waals surface area contributed by atoms with Crippen molar-refractivity contribution >= 4 is 18.3 Å². The first kappa shape index (κ1) is 10.8. The lowest BCUT2D eigenvalue weighted by atomic mass is 10.2. The number of likely N-dealkylation sites (tertiary alicyclic amines) is 1. The monoisotopic (exact) mass is 203 g/mol. The molecule has 3 heteroatoms. The van der Waals surface area contributed by atoms with Gasteiger partial charge >= 0.3 is 0 Å². The highest BCUT2D eigenvalue weighted by molar-refractivity contribution is 5.85. The van der Waals surface area contributed by atoms with E-state index in [0.717, 1.165) is 18.9 Å². The molecular weight excluding hydrogens is 186 g/mol. The second-order valence-corrected chi connectivity index (χ2v) is 4.23. The third-order valence-electron chi connectivity index (χ3n) is 3.03. The van der Waals surface area contributed by atoms with E-state index in [1.807, 2.05) is 0 Å². The van der Waals surface area contributed by atoms with Crippen molar-refractivity contribution in [3.05, 3.63) is 0 Å². The Hall–Kier alpha value is -0.240. The number of amides is 1. The van der Waals surface area contributed by atoms with E-state index in [2.05, 4.69) is 11.8 Å². The minimum Gasteiger partial charge on any atom is -0.340 e. The van der Waals surface area contributed by atoms with E-state index in [4.69, 9.17) is 0 Å². The molecule has 2 nitrogen and oxygen atoms in total. The molecule has 13 heavy (non-hydrogen) atoms. The van der Waals surface area contributed by atoms with Gasteiger partial charge in [0.25, 0.3) is 0 Å². The number of hydrogen-bond acceptors (Lipinski definition) is 1. The molecule has 2 rings (SSSR count). The van der Waals surface area contributed by atoms with Gasteiger partial charge in [0.15, 0.2) is 0 Å². The first-order valence-corrected chi connectivity index (χ1v) is 5.07. The van der Waals surface area contributed by atoms with Gasteiger partial charge in [-0.2, -0.15) is 0 Å². The van der Waals surface area contributed by atoms with Crippen LogP contribution in [0.3, 0.4) is 0 Å². The molecule has 0 N–H and O–H groups in total. The van der Waals surface area contributed by atoms with Crippen LogP contribution in [-0.2, 0) is 4.79 Å². The predicted octanol–water partition coefficient (Wildman–Crippen LogP) is 2.22. The Morgan fingerprint density at radius 2 is 2.08 bits per heavy atom. The standard InChI is InChI=1S/C10H17NO.ClH/c1-8-3-2-6-11(8)10(12)7-9-4-5-9;/h8-9H,2-7H2,1H3;1H. The first-order valence-electron chi connectivity index (χ1n) is 5.07. The molecular formula is C10H18ClNO. The number of rotatable bonds is 2. The van der Waals surface area contributed by atoms with E-state index >= 15 is 0 Å². The maximum absolute atomic E-state index is 11.6. The van der Waals surface area contributed by atoms with Crippen molar-refractivity contribution < 1.29 is 4.79 Å². The third-order valence-corrected chi connectivity index (χ3v) is 3.03. The van der Waals surface area contributed by atoms with Crippen molar-refractivity contribution in [3.8, 4) is 0 Å². The van der Waals surface area contributed by atoms with Crippen molar-refractivity contribution in [2.45, 2.75) is 45.1 Å². The van der Waals surface area contributed by atoms with Crippen LogP contribution in [0.15, 0.2) is 0 Å². The van der Waals surface area contributed by atoms with Crippen molar-refractivity contribution in [2.75, 3.05) is 6.54 Å². The Kier molecular flexibility index (Phi) is 3.60. The van der Waals surface area contributed by atoms with E-state index in [1.54, 1.807) is 0 Å². The molecule has 1 saturated carbocycles. The summed E-state index contributed by atoms with van der Waals surface area (Å²) in [6.45, 7) is 3.17. The zero-order chi connectivity index (χ0) is 8.55. The number of carbonyl (C=O) groups excluding carboxylic acids is 1. The summed E-state index contributed by atoms with van der Waals surface area (Å²) in [5.41, 5.74) is 0. The number of nitrogens with zero attached hydrogens (tertiary/aromatic N) is 1. The highest BCUT2D eigenvalue weighted by Crippen LogP contribution is 2.33. The van der Waals surface area contributed by atoms with Crippen molar-refractivity contribution in [3.63, 3.8) is 0 Å². The van der Waals surface area contributed by atoms with E-state index in [9.17, 15) is 4.79 Å². The Bertz CT molecular complexity index is 191. The normalized spacial score (nSPS) is 27.2. The van der Waals surface area contributed by atoms with Gasteiger partial charge < -0.3 is 4.90 Å². The van der Waals surface area contributed by atoms with Gasteiger partial charge in [0.05, 0.1) is 0 Å². The maximum Gasteiger partial charge on any atom is 0.223 e. The minimum absolute atomic E-state index is 0. The van der Waals surface area contributed by atoms with Gasteiger partial charge in [-0.3, -0.25) is 4.79 Å². The van der Waals surface area contributed by atoms with Crippen LogP contribution in [0.1, 0.15) is 39.0 Å². The van der Waals surface area contributed by atoms with E-state index in [1.165, 1.54) is 25.7 Å². The summed E-state index contributed by atoms with van der Waals surface area (Å²) < 4.78 is 0. The lowest BCUT2D eigenvalue weighted by molar-refractivity contribution is -0.132. The molecule has 1 unspecified atom stereocenters. The summed E-state index contributed by atoms with van der Waals surface area (Å²) in [5.74, 6) is 1.15. The molecule has 1 amide bonds. The summed E-state index contributed by atoms with van der Waals surface area (Å²) in [4.78, 5) is 13.7. The molecule has 76 valence electrons. The lowest BCUT2D eigenvalue weighted by Gasteiger charge is -2.21. The van der Waals surface area contributed by atoms with Crippen LogP contribution in [0.2, 0.25) is 0 Å². The van der Waals surface area contributed by atoms with Crippen LogP contribution in [0, 0.1) is 5.92 Å². The zero-order valence-electron chi connectivity index (χ0n) is 8.16. The quantitative estimate of drug-likeness (QED) is 0.674. The van der Waals surface area contributed by atoms with Crippen LogP contribution < -0.4 is 0 Å². The van der Waals surface area contributed by atoms with Crippen LogP contribution in [0.4, 0.5) is 0 Å². The molecule has 2 fully saturated rings. The van der Waals surface area contributed by atoms with Gasteiger partial charge in [0, 0.05) is 19.0 Å². The van der Waals surface area contributed by atoms with Crippen LogP contribution in [0.5, 0.6) is 0 Å². The summed E-state index contributed by atoms with van der Waals surface area (Å²) in [6, 6.07) is 0.510. The first-order chi connectivity index (χ1) is 5.77. The number of carbonyl (C=O) groups is 1. The summed E-state index contributed by atoms with van der Waals surface area (Å²) in [7, 11) is 0. The molecule has 0 bridgehead atoms. The Morgan fingerprint density at radius 1 is 1.38 bits per heavy atom. The zero-order valence-corrected chi connectivity index (χ0v) is 8.98. The van der Waals surface area contributed by atoms with Gasteiger partial charge in [0.1, 0.15) is 0 Å². The van der Waals surface area contributed by atoms with Crippen LogP contribution >= 0.6 is 12.4 Å². The summed E-state index contributed by atoms with van der Waals surface area (Å²) in [5, 5.41) is 0. The molecule has 1 saturated heterocycles. The van der Waals surface area contributed by atoms with Gasteiger partial charge in [-0.15, -0.1) is 12.4 Å². The molecule has 1 aliphatic heterocycles. The van der Waals surface area contributed by atoms with E-state index < -0.39 is 0 Å². The Morgan fingerprint density at radius 3 is 2.54 bits per heavy atom. The number of halogens is 1. The second-order valence-electron chi connectivity index (χ2n) is 4.23. The SMILES string of the molecule is CC1CCCN1C(=O)CC1CC1.Cl. The third kappa shape index (κ3) is 2.60. The van der Waals surface area contributed by atoms with Gasteiger partial charge in [0.2, 0.25) is 5.91 Å². The smallest absolute Gasteiger partial charge is 0.223 e. The van der Waals surface area contributed by atoms with Gasteiger partial charge in [-0.05, 0) is 38.5 Å². The molecule has 1 heterocycles. The van der Waals surface area contributed by atoms with Crippen molar-refractivity contribution in [2.24, 2.45) is 5.92 Å². The number of hydrogen-bond donors (Lipinski definition) is 0. The second kappa shape index (κ2) is 4.32. The predicted molar refractivity (Wildman–Crippen MR) is 55.0 cm³/mol.